The fourth-order valence-corrected chi connectivity index (χ4v) is 1.76. The summed E-state index contributed by atoms with van der Waals surface area (Å²) in [7, 11) is -3.36. The van der Waals surface area contributed by atoms with Crippen molar-refractivity contribution in [1.82, 2.24) is 4.98 Å². The third-order valence-corrected chi connectivity index (χ3v) is 3.06. The largest absolute Gasteiger partial charge is 0.265 e. The average Bonchev–Trinajstić information content (AvgIpc) is 2.06. The first-order valence-electron chi connectivity index (χ1n) is 3.38. The van der Waals surface area contributed by atoms with Crippen molar-refractivity contribution in [2.45, 2.75) is 4.90 Å². The maximum absolute atomic E-state index is 11.2. The Morgan fingerprint density at radius 2 is 1.83 bits per heavy atom. The second kappa shape index (κ2) is 3.64. The van der Waals surface area contributed by atoms with Gasteiger partial charge < -0.3 is 0 Å². The maximum Gasteiger partial charge on any atom is 0.180 e. The van der Waals surface area contributed by atoms with Crippen LogP contribution in [0.4, 0.5) is 0 Å². The Balaban J connectivity index is 2.99. The molecule has 1 aromatic rings. The quantitative estimate of drug-likeness (QED) is 0.681. The first-order valence-corrected chi connectivity index (χ1v) is 5.03. The van der Waals surface area contributed by atoms with E-state index in [-0.39, 0.29) is 10.6 Å². The van der Waals surface area contributed by atoms with Gasteiger partial charge in [0, 0.05) is 12.4 Å². The zero-order valence-corrected chi connectivity index (χ0v) is 7.12. The van der Waals surface area contributed by atoms with Gasteiger partial charge in [0.25, 0.3) is 0 Å². The molecule has 5 heteroatoms. The van der Waals surface area contributed by atoms with Crippen LogP contribution in [0.2, 0.25) is 0 Å². The van der Waals surface area contributed by atoms with Crippen LogP contribution in [0.25, 0.3) is 0 Å². The van der Waals surface area contributed by atoms with Crippen LogP contribution in [0.5, 0.6) is 0 Å². The summed E-state index contributed by atoms with van der Waals surface area (Å²) < 4.78 is 22.4. The molecule has 0 saturated heterocycles. The van der Waals surface area contributed by atoms with Crippen molar-refractivity contribution in [2.24, 2.45) is 0 Å². The highest BCUT2D eigenvalue weighted by molar-refractivity contribution is 7.91. The zero-order valence-electron chi connectivity index (χ0n) is 6.30. The van der Waals surface area contributed by atoms with E-state index in [0.29, 0.717) is 0 Å². The number of hydrogen-bond acceptors (Lipinski definition) is 3. The van der Waals surface area contributed by atoms with Gasteiger partial charge in [-0.1, -0.05) is 0 Å². The fourth-order valence-electron chi connectivity index (χ4n) is 0.773. The molecular formula is C7H8NO3S. The Morgan fingerprint density at radius 1 is 1.25 bits per heavy atom. The van der Waals surface area contributed by atoms with Crippen LogP contribution >= 0.6 is 0 Å². The lowest BCUT2D eigenvalue weighted by atomic mass is 10.5. The van der Waals surface area contributed by atoms with E-state index in [9.17, 15) is 13.5 Å². The molecule has 0 saturated carbocycles. The minimum absolute atomic E-state index is 0.161. The van der Waals surface area contributed by atoms with Gasteiger partial charge in [-0.25, -0.2) is 13.5 Å². The van der Waals surface area contributed by atoms with Crippen molar-refractivity contribution in [3.63, 3.8) is 0 Å². The van der Waals surface area contributed by atoms with Gasteiger partial charge in [-0.3, -0.25) is 4.98 Å². The first-order chi connectivity index (χ1) is 5.67. The van der Waals surface area contributed by atoms with Crippen LogP contribution in [-0.2, 0) is 14.9 Å². The van der Waals surface area contributed by atoms with Gasteiger partial charge in [-0.15, -0.1) is 0 Å². The first kappa shape index (κ1) is 9.15. The molecule has 4 nitrogen and oxygen atoms in total. The van der Waals surface area contributed by atoms with E-state index in [1.165, 1.54) is 24.5 Å². The van der Waals surface area contributed by atoms with Crippen LogP contribution in [-0.4, -0.2) is 25.8 Å². The van der Waals surface area contributed by atoms with E-state index in [0.717, 1.165) is 0 Å². The highest BCUT2D eigenvalue weighted by Crippen LogP contribution is 2.07. The van der Waals surface area contributed by atoms with Crippen LogP contribution in [0, 0.1) is 0 Å². The maximum atomic E-state index is 11.2. The summed E-state index contributed by atoms with van der Waals surface area (Å²) in [5, 5.41) is 10.1. The molecule has 0 atom stereocenters. The molecule has 0 unspecified atom stereocenters. The highest BCUT2D eigenvalue weighted by Gasteiger charge is 2.12. The van der Waals surface area contributed by atoms with E-state index in [1.54, 1.807) is 0 Å². The number of sulfone groups is 1. The van der Waals surface area contributed by atoms with Gasteiger partial charge in [0.1, 0.15) is 0 Å². The normalized spacial score (nSPS) is 11.4. The third kappa shape index (κ3) is 2.02. The Morgan fingerprint density at radius 3 is 2.33 bits per heavy atom. The predicted molar refractivity (Wildman–Crippen MR) is 41.8 cm³/mol. The molecule has 1 radical (unpaired) electrons. The predicted octanol–water partition coefficient (Wildman–Crippen LogP) is 0.286. The molecule has 0 amide bonds. The monoisotopic (exact) mass is 186 g/mol. The summed E-state index contributed by atoms with van der Waals surface area (Å²) in [4.78, 5) is 3.84. The standard InChI is InChI=1S/C7H8NO3S/c9-5-6-12(10,11)7-1-3-8-4-2-7/h1-4H,5-6H2. The molecule has 0 bridgehead atoms. The topological polar surface area (TPSA) is 66.9 Å². The molecule has 0 aliphatic rings. The van der Waals surface area contributed by atoms with Gasteiger partial charge in [-0.2, -0.15) is 0 Å². The highest BCUT2D eigenvalue weighted by atomic mass is 32.2. The van der Waals surface area contributed by atoms with Crippen LogP contribution in [0.3, 0.4) is 0 Å². The van der Waals surface area contributed by atoms with Gasteiger partial charge >= 0.3 is 0 Å². The molecule has 0 aliphatic heterocycles. The van der Waals surface area contributed by atoms with Crippen molar-refractivity contribution in [3.8, 4) is 0 Å². The molecule has 1 rings (SSSR count). The van der Waals surface area contributed by atoms with Crippen molar-refractivity contribution < 1.29 is 13.5 Å². The number of rotatable bonds is 3. The Hall–Kier alpha value is -0.940. The summed E-state index contributed by atoms with van der Waals surface area (Å²) >= 11 is 0. The second-order valence-electron chi connectivity index (χ2n) is 2.21. The molecule has 0 spiro atoms. The summed E-state index contributed by atoms with van der Waals surface area (Å²) in [5.41, 5.74) is 0. The van der Waals surface area contributed by atoms with Crippen LogP contribution in [0.15, 0.2) is 29.4 Å². The lowest BCUT2D eigenvalue weighted by Crippen LogP contribution is -2.09. The molecule has 0 fully saturated rings. The molecule has 65 valence electrons. The number of hydrogen-bond donors (Lipinski definition) is 0. The van der Waals surface area contributed by atoms with Gasteiger partial charge in [0.05, 0.1) is 17.3 Å². The van der Waals surface area contributed by atoms with Crippen molar-refractivity contribution in [3.05, 3.63) is 24.5 Å². The number of nitrogens with zero attached hydrogens (tertiary/aromatic N) is 1. The Bertz CT molecular complexity index is 333. The van der Waals surface area contributed by atoms with E-state index in [1.807, 2.05) is 0 Å². The summed E-state index contributed by atoms with van der Waals surface area (Å²) in [6, 6.07) is 2.76. The smallest absolute Gasteiger partial charge is 0.180 e. The molecule has 0 N–H and O–H groups in total. The summed E-state index contributed by atoms with van der Waals surface area (Å²) in [5.74, 6) is -0.350. The molecule has 1 aromatic heterocycles. The van der Waals surface area contributed by atoms with Crippen molar-refractivity contribution in [1.29, 1.82) is 0 Å². The lowest BCUT2D eigenvalue weighted by molar-refractivity contribution is 0.213. The number of aromatic nitrogens is 1. The third-order valence-electron chi connectivity index (χ3n) is 1.36. The van der Waals surface area contributed by atoms with Crippen molar-refractivity contribution >= 4 is 9.84 Å². The van der Waals surface area contributed by atoms with E-state index in [4.69, 9.17) is 0 Å². The Kier molecular flexibility index (Phi) is 2.78. The summed E-state index contributed by atoms with van der Waals surface area (Å²) in [6.45, 7) is -0.606. The minimum atomic E-state index is -3.36. The number of pyridine rings is 1. The molecule has 0 aromatic carbocycles. The summed E-state index contributed by atoms with van der Waals surface area (Å²) in [6.07, 6.45) is 2.77. The fraction of sp³-hybridized carbons (Fsp3) is 0.286. The minimum Gasteiger partial charge on any atom is -0.265 e. The lowest BCUT2D eigenvalue weighted by Gasteiger charge is -1.99. The molecule has 12 heavy (non-hydrogen) atoms. The Labute approximate surface area is 70.8 Å². The van der Waals surface area contributed by atoms with Gasteiger partial charge in [-0.05, 0) is 12.1 Å². The van der Waals surface area contributed by atoms with E-state index < -0.39 is 16.4 Å². The molecule has 1 heterocycles. The van der Waals surface area contributed by atoms with E-state index >= 15 is 0 Å². The SMILES string of the molecule is [O]CCS(=O)(=O)c1ccncc1. The van der Waals surface area contributed by atoms with E-state index in [2.05, 4.69) is 4.98 Å². The zero-order chi connectivity index (χ0) is 9.03. The van der Waals surface area contributed by atoms with Crippen molar-refractivity contribution in [2.75, 3.05) is 12.4 Å². The molecule has 0 aliphatic carbocycles. The molecular weight excluding hydrogens is 178 g/mol. The average molecular weight is 186 g/mol. The second-order valence-corrected chi connectivity index (χ2v) is 4.32. The van der Waals surface area contributed by atoms with Crippen LogP contribution in [0.1, 0.15) is 0 Å². The van der Waals surface area contributed by atoms with Gasteiger partial charge in [0.2, 0.25) is 0 Å². The van der Waals surface area contributed by atoms with Gasteiger partial charge in [0.15, 0.2) is 9.84 Å². The van der Waals surface area contributed by atoms with Crippen LogP contribution < -0.4 is 0 Å².